The molecule has 0 fully saturated rings. The molecule has 39 heavy (non-hydrogen) atoms. The van der Waals surface area contributed by atoms with E-state index in [9.17, 15) is 27.6 Å². The standard InChI is InChI=1S/C26H35N5O6S2/c1-6-13-31(14-7-2)39(36,37)19-10-8-18(9-11-19)23(33)27-25-22(24(34)28-26(35)29(4)5)20-12-15-30(17(3)32)16-21(20)38-25/h8-11H,6-7,12-16H2,1-5H3,(H,27,33)(H,28,34,35). The zero-order chi connectivity index (χ0) is 28.9. The Kier molecular flexibility index (Phi) is 9.86. The summed E-state index contributed by atoms with van der Waals surface area (Å²) in [6.45, 7) is 6.82. The van der Waals surface area contributed by atoms with Crippen molar-refractivity contribution in [1.29, 1.82) is 0 Å². The lowest BCUT2D eigenvalue weighted by molar-refractivity contribution is -0.129. The highest BCUT2D eigenvalue weighted by Gasteiger charge is 2.31. The quantitative estimate of drug-likeness (QED) is 0.470. The second kappa shape index (κ2) is 12.7. The zero-order valence-corrected chi connectivity index (χ0v) is 24.5. The van der Waals surface area contributed by atoms with Crippen LogP contribution >= 0.6 is 11.3 Å². The first kappa shape index (κ1) is 30.3. The van der Waals surface area contributed by atoms with Crippen molar-refractivity contribution in [2.45, 2.75) is 51.5 Å². The van der Waals surface area contributed by atoms with E-state index in [1.807, 2.05) is 13.8 Å². The molecule has 1 aliphatic heterocycles. The van der Waals surface area contributed by atoms with Crippen LogP contribution in [0.1, 0.15) is 64.8 Å². The van der Waals surface area contributed by atoms with Gasteiger partial charge in [-0.1, -0.05) is 13.8 Å². The molecule has 13 heteroatoms. The van der Waals surface area contributed by atoms with Crippen molar-refractivity contribution >= 4 is 50.1 Å². The largest absolute Gasteiger partial charge is 0.337 e. The Labute approximate surface area is 233 Å². The van der Waals surface area contributed by atoms with Crippen LogP contribution in [0.5, 0.6) is 0 Å². The molecule has 2 heterocycles. The van der Waals surface area contributed by atoms with E-state index in [0.29, 0.717) is 51.0 Å². The lowest BCUT2D eigenvalue weighted by Crippen LogP contribution is -2.39. The second-order valence-corrected chi connectivity index (χ2v) is 12.5. The zero-order valence-electron chi connectivity index (χ0n) is 22.9. The highest BCUT2D eigenvalue weighted by atomic mass is 32.2. The number of carbonyl (C=O) groups excluding carboxylic acids is 4. The number of amides is 5. The first-order chi connectivity index (χ1) is 18.4. The van der Waals surface area contributed by atoms with Gasteiger partial charge in [-0.05, 0) is 49.1 Å². The molecule has 0 radical (unpaired) electrons. The fourth-order valence-corrected chi connectivity index (χ4v) is 7.11. The molecular weight excluding hydrogens is 542 g/mol. The molecule has 2 aromatic rings. The molecule has 0 spiro atoms. The van der Waals surface area contributed by atoms with Gasteiger partial charge in [0.05, 0.1) is 17.0 Å². The van der Waals surface area contributed by atoms with Crippen molar-refractivity contribution in [2.75, 3.05) is 39.0 Å². The minimum absolute atomic E-state index is 0.0964. The summed E-state index contributed by atoms with van der Waals surface area (Å²) in [7, 11) is -0.682. The summed E-state index contributed by atoms with van der Waals surface area (Å²) in [4.78, 5) is 54.1. The van der Waals surface area contributed by atoms with Crippen LogP contribution in [0, 0.1) is 0 Å². The van der Waals surface area contributed by atoms with E-state index < -0.39 is 27.9 Å². The second-order valence-electron chi connectivity index (χ2n) is 9.43. The average molecular weight is 578 g/mol. The smallest absolute Gasteiger partial charge is 0.323 e. The molecule has 0 unspecified atom stereocenters. The van der Waals surface area contributed by atoms with Gasteiger partial charge in [0.15, 0.2) is 0 Å². The third-order valence-electron chi connectivity index (χ3n) is 6.28. The maximum absolute atomic E-state index is 13.2. The summed E-state index contributed by atoms with van der Waals surface area (Å²) < 4.78 is 27.5. The molecule has 0 saturated carbocycles. The molecule has 1 aromatic heterocycles. The van der Waals surface area contributed by atoms with Crippen LogP contribution in [-0.2, 0) is 27.8 Å². The van der Waals surface area contributed by atoms with Gasteiger partial charge < -0.3 is 15.1 Å². The Morgan fingerprint density at radius 3 is 2.15 bits per heavy atom. The Bertz CT molecular complexity index is 1350. The fraction of sp³-hybridized carbons (Fsp3) is 0.462. The summed E-state index contributed by atoms with van der Waals surface area (Å²) in [6.07, 6.45) is 1.77. The van der Waals surface area contributed by atoms with Crippen LogP contribution in [0.15, 0.2) is 29.2 Å². The predicted molar refractivity (Wildman–Crippen MR) is 149 cm³/mol. The lowest BCUT2D eigenvalue weighted by Gasteiger charge is -2.26. The maximum atomic E-state index is 13.2. The van der Waals surface area contributed by atoms with E-state index in [1.165, 1.54) is 65.8 Å². The van der Waals surface area contributed by atoms with Crippen LogP contribution in [-0.4, -0.2) is 80.0 Å². The van der Waals surface area contributed by atoms with Gasteiger partial charge >= 0.3 is 6.03 Å². The number of nitrogens with one attached hydrogen (secondary N) is 2. The Balaban J connectivity index is 1.90. The van der Waals surface area contributed by atoms with Gasteiger partial charge in [0.2, 0.25) is 15.9 Å². The normalized spacial score (nSPS) is 13.1. The molecular formula is C26H35N5O6S2. The van der Waals surface area contributed by atoms with E-state index in [2.05, 4.69) is 10.6 Å². The maximum Gasteiger partial charge on any atom is 0.323 e. The Morgan fingerprint density at radius 2 is 1.62 bits per heavy atom. The summed E-state index contributed by atoms with van der Waals surface area (Å²) in [5.74, 6) is -1.28. The molecule has 212 valence electrons. The average Bonchev–Trinajstić information content (AvgIpc) is 3.25. The summed E-state index contributed by atoms with van der Waals surface area (Å²) in [5.41, 5.74) is 1.08. The van der Waals surface area contributed by atoms with Gasteiger partial charge in [-0.3, -0.25) is 19.7 Å². The van der Waals surface area contributed by atoms with Crippen molar-refractivity contribution in [3.05, 3.63) is 45.8 Å². The van der Waals surface area contributed by atoms with Crippen LogP contribution < -0.4 is 10.6 Å². The van der Waals surface area contributed by atoms with Gasteiger partial charge in [-0.15, -0.1) is 11.3 Å². The molecule has 1 aliphatic rings. The van der Waals surface area contributed by atoms with Crippen LogP contribution in [0.2, 0.25) is 0 Å². The van der Waals surface area contributed by atoms with E-state index in [-0.39, 0.29) is 26.9 Å². The Hall–Kier alpha value is -3.29. The number of fused-ring (bicyclic) bond motifs is 1. The van der Waals surface area contributed by atoms with E-state index in [4.69, 9.17) is 0 Å². The van der Waals surface area contributed by atoms with Crippen molar-refractivity contribution in [3.63, 3.8) is 0 Å². The highest BCUT2D eigenvalue weighted by Crippen LogP contribution is 2.37. The Morgan fingerprint density at radius 1 is 1.00 bits per heavy atom. The number of thiophene rings is 1. The highest BCUT2D eigenvalue weighted by molar-refractivity contribution is 7.89. The molecule has 0 atom stereocenters. The van der Waals surface area contributed by atoms with Gasteiger partial charge in [-0.25, -0.2) is 13.2 Å². The number of sulfonamides is 1. The van der Waals surface area contributed by atoms with E-state index >= 15 is 0 Å². The molecule has 0 aliphatic carbocycles. The topological polar surface area (TPSA) is 136 Å². The minimum atomic E-state index is -3.70. The van der Waals surface area contributed by atoms with E-state index in [0.717, 1.165) is 4.88 Å². The monoisotopic (exact) mass is 577 g/mol. The molecule has 0 bridgehead atoms. The van der Waals surface area contributed by atoms with Crippen molar-refractivity contribution < 1.29 is 27.6 Å². The number of benzene rings is 1. The van der Waals surface area contributed by atoms with E-state index in [1.54, 1.807) is 4.90 Å². The molecule has 5 amide bonds. The molecule has 1 aromatic carbocycles. The van der Waals surface area contributed by atoms with Crippen molar-refractivity contribution in [2.24, 2.45) is 0 Å². The molecule has 0 saturated heterocycles. The van der Waals surface area contributed by atoms with Crippen molar-refractivity contribution in [1.82, 2.24) is 19.4 Å². The molecule has 2 N–H and O–H groups in total. The van der Waals surface area contributed by atoms with Gasteiger partial charge in [-0.2, -0.15) is 4.31 Å². The third kappa shape index (κ3) is 6.84. The van der Waals surface area contributed by atoms with Crippen molar-refractivity contribution in [3.8, 4) is 0 Å². The number of carbonyl (C=O) groups is 4. The van der Waals surface area contributed by atoms with Crippen LogP contribution in [0.3, 0.4) is 0 Å². The van der Waals surface area contributed by atoms with Crippen LogP contribution in [0.4, 0.5) is 9.80 Å². The number of rotatable bonds is 9. The number of imide groups is 1. The lowest BCUT2D eigenvalue weighted by atomic mass is 10.0. The summed E-state index contributed by atoms with van der Waals surface area (Å²) in [6, 6.07) is 5.05. The minimum Gasteiger partial charge on any atom is -0.337 e. The SMILES string of the molecule is CCCN(CCC)S(=O)(=O)c1ccc(C(=O)Nc2sc3c(c2C(=O)NC(=O)N(C)C)CCN(C(C)=O)C3)cc1. The number of hydrogen-bond donors (Lipinski definition) is 2. The first-order valence-electron chi connectivity index (χ1n) is 12.7. The number of nitrogens with zero attached hydrogens (tertiary/aromatic N) is 3. The van der Waals surface area contributed by atoms with Crippen LogP contribution in [0.25, 0.3) is 0 Å². The van der Waals surface area contributed by atoms with Gasteiger partial charge in [0.1, 0.15) is 5.00 Å². The molecule has 3 rings (SSSR count). The number of hydrogen-bond acceptors (Lipinski definition) is 7. The summed E-state index contributed by atoms with van der Waals surface area (Å²) >= 11 is 1.18. The third-order valence-corrected chi connectivity index (χ3v) is 9.33. The first-order valence-corrected chi connectivity index (χ1v) is 15.0. The number of urea groups is 1. The molecule has 11 nitrogen and oxygen atoms in total. The number of anilines is 1. The predicted octanol–water partition coefficient (Wildman–Crippen LogP) is 3.13. The summed E-state index contributed by atoms with van der Waals surface area (Å²) in [5, 5.41) is 5.35. The van der Waals surface area contributed by atoms with Gasteiger partial charge in [0, 0.05) is 51.1 Å². The fourth-order valence-electron chi connectivity index (χ4n) is 4.23. The van der Waals surface area contributed by atoms with Gasteiger partial charge in [0.25, 0.3) is 11.8 Å².